The number of hydrogen-bond acceptors (Lipinski definition) is 3. The molecule has 0 aliphatic carbocycles. The highest BCUT2D eigenvalue weighted by atomic mass is 16.2. The standard InChI is InChI=1S/C22H26N4O2/c1-15-8-10-16(11-9-15)20(14-26(2)3)25-22(28)23-13-18-12-17-6-4-5-7-19(17)24-21(18)27/h4-12,20H,13-14H2,1-3H3,(H,24,27)(H2,23,25,28). The lowest BCUT2D eigenvalue weighted by Crippen LogP contribution is -2.41. The number of urea groups is 1. The molecule has 0 saturated heterocycles. The molecular formula is C22H26N4O2. The maximum Gasteiger partial charge on any atom is 0.315 e. The van der Waals surface area contributed by atoms with Crippen LogP contribution in [0.25, 0.3) is 10.9 Å². The Kier molecular flexibility index (Phi) is 6.11. The van der Waals surface area contributed by atoms with E-state index in [9.17, 15) is 9.59 Å². The number of likely N-dealkylation sites (N-methyl/N-ethyl adjacent to an activating group) is 1. The second-order valence-corrected chi connectivity index (χ2v) is 7.26. The number of carbonyl (C=O) groups is 1. The minimum Gasteiger partial charge on any atom is -0.334 e. The fourth-order valence-corrected chi connectivity index (χ4v) is 3.11. The fourth-order valence-electron chi connectivity index (χ4n) is 3.11. The highest BCUT2D eigenvalue weighted by Gasteiger charge is 2.16. The molecule has 1 unspecified atom stereocenters. The summed E-state index contributed by atoms with van der Waals surface area (Å²) in [6, 6.07) is 17.1. The van der Waals surface area contributed by atoms with Crippen molar-refractivity contribution in [1.29, 1.82) is 0 Å². The number of hydrogen-bond donors (Lipinski definition) is 3. The van der Waals surface area contributed by atoms with Crippen LogP contribution >= 0.6 is 0 Å². The lowest BCUT2D eigenvalue weighted by atomic mass is 10.0. The number of H-pyrrole nitrogens is 1. The van der Waals surface area contributed by atoms with Gasteiger partial charge in [0.2, 0.25) is 0 Å². The molecule has 0 aliphatic heterocycles. The zero-order valence-electron chi connectivity index (χ0n) is 16.5. The van der Waals surface area contributed by atoms with Crippen LogP contribution in [-0.4, -0.2) is 36.6 Å². The number of pyridine rings is 1. The zero-order valence-corrected chi connectivity index (χ0v) is 16.5. The van der Waals surface area contributed by atoms with E-state index >= 15 is 0 Å². The Morgan fingerprint density at radius 1 is 1.11 bits per heavy atom. The van der Waals surface area contributed by atoms with E-state index in [0.29, 0.717) is 12.1 Å². The number of aromatic nitrogens is 1. The lowest BCUT2D eigenvalue weighted by molar-refractivity contribution is 0.232. The average Bonchev–Trinajstić information content (AvgIpc) is 2.66. The van der Waals surface area contributed by atoms with Gasteiger partial charge >= 0.3 is 6.03 Å². The van der Waals surface area contributed by atoms with Gasteiger partial charge in [-0.25, -0.2) is 4.79 Å². The van der Waals surface area contributed by atoms with Gasteiger partial charge in [0.1, 0.15) is 0 Å². The van der Waals surface area contributed by atoms with Crippen LogP contribution in [0.3, 0.4) is 0 Å². The van der Waals surface area contributed by atoms with E-state index in [1.807, 2.05) is 80.5 Å². The van der Waals surface area contributed by atoms with Gasteiger partial charge in [-0.1, -0.05) is 48.0 Å². The summed E-state index contributed by atoms with van der Waals surface area (Å²) >= 11 is 0. The van der Waals surface area contributed by atoms with Crippen LogP contribution in [0.15, 0.2) is 59.4 Å². The number of amides is 2. The second kappa shape index (κ2) is 8.71. The number of aromatic amines is 1. The van der Waals surface area contributed by atoms with Crippen LogP contribution < -0.4 is 16.2 Å². The highest BCUT2D eigenvalue weighted by Crippen LogP contribution is 2.15. The SMILES string of the molecule is Cc1ccc(C(CN(C)C)NC(=O)NCc2cc3ccccc3[nH]c2=O)cc1. The Balaban J connectivity index is 1.68. The molecular weight excluding hydrogens is 352 g/mol. The number of fused-ring (bicyclic) bond motifs is 1. The van der Waals surface area contributed by atoms with E-state index in [4.69, 9.17) is 0 Å². The van der Waals surface area contributed by atoms with Gasteiger partial charge in [-0.2, -0.15) is 0 Å². The normalized spacial score (nSPS) is 12.1. The molecule has 0 fully saturated rings. The quantitative estimate of drug-likeness (QED) is 0.617. The third kappa shape index (κ3) is 4.98. The van der Waals surface area contributed by atoms with Crippen LogP contribution in [0, 0.1) is 6.92 Å². The van der Waals surface area contributed by atoms with Crippen LogP contribution in [0.5, 0.6) is 0 Å². The number of rotatable bonds is 6. The van der Waals surface area contributed by atoms with Gasteiger partial charge < -0.3 is 20.5 Å². The van der Waals surface area contributed by atoms with Crippen molar-refractivity contribution in [1.82, 2.24) is 20.5 Å². The largest absolute Gasteiger partial charge is 0.334 e. The third-order valence-corrected chi connectivity index (χ3v) is 4.60. The highest BCUT2D eigenvalue weighted by molar-refractivity contribution is 5.79. The molecule has 1 atom stereocenters. The van der Waals surface area contributed by atoms with Gasteiger partial charge in [0.05, 0.1) is 6.04 Å². The monoisotopic (exact) mass is 378 g/mol. The Hall–Kier alpha value is -3.12. The number of para-hydroxylation sites is 1. The van der Waals surface area contributed by atoms with Crippen molar-refractivity contribution < 1.29 is 4.79 Å². The van der Waals surface area contributed by atoms with E-state index in [2.05, 4.69) is 15.6 Å². The smallest absolute Gasteiger partial charge is 0.315 e. The van der Waals surface area contributed by atoms with Gasteiger partial charge in [0.15, 0.2) is 0 Å². The minimum absolute atomic E-state index is 0.148. The second-order valence-electron chi connectivity index (χ2n) is 7.26. The van der Waals surface area contributed by atoms with Crippen molar-refractivity contribution in [3.8, 4) is 0 Å². The molecule has 0 saturated carbocycles. The number of benzene rings is 2. The van der Waals surface area contributed by atoms with Crippen molar-refractivity contribution in [3.05, 3.63) is 81.6 Å². The Bertz CT molecular complexity index is 1010. The molecule has 2 aromatic carbocycles. The summed E-state index contributed by atoms with van der Waals surface area (Å²) in [5.41, 5.74) is 3.33. The zero-order chi connectivity index (χ0) is 20.1. The van der Waals surface area contributed by atoms with Crippen LogP contribution in [0.1, 0.15) is 22.7 Å². The summed E-state index contributed by atoms with van der Waals surface area (Å²) in [4.78, 5) is 29.6. The van der Waals surface area contributed by atoms with Crippen LogP contribution in [-0.2, 0) is 6.54 Å². The van der Waals surface area contributed by atoms with Gasteiger partial charge in [0.25, 0.3) is 5.56 Å². The molecule has 2 amide bonds. The van der Waals surface area contributed by atoms with Crippen LogP contribution in [0.2, 0.25) is 0 Å². The first-order valence-electron chi connectivity index (χ1n) is 9.29. The molecule has 146 valence electrons. The number of carbonyl (C=O) groups excluding carboxylic acids is 1. The van der Waals surface area contributed by atoms with Crippen LogP contribution in [0.4, 0.5) is 4.79 Å². The van der Waals surface area contributed by atoms with Crippen molar-refractivity contribution in [3.63, 3.8) is 0 Å². The fraction of sp³-hybridized carbons (Fsp3) is 0.273. The lowest BCUT2D eigenvalue weighted by Gasteiger charge is -2.23. The third-order valence-electron chi connectivity index (χ3n) is 4.60. The minimum atomic E-state index is -0.306. The molecule has 0 radical (unpaired) electrons. The molecule has 3 N–H and O–H groups in total. The Morgan fingerprint density at radius 2 is 1.82 bits per heavy atom. The number of nitrogens with zero attached hydrogens (tertiary/aromatic N) is 1. The molecule has 0 bridgehead atoms. The summed E-state index contributed by atoms with van der Waals surface area (Å²) in [5, 5.41) is 6.74. The predicted octanol–water partition coefficient (Wildman–Crippen LogP) is 2.94. The van der Waals surface area contributed by atoms with E-state index in [1.165, 1.54) is 5.56 Å². The topological polar surface area (TPSA) is 77.2 Å². The molecule has 3 rings (SSSR count). The predicted molar refractivity (Wildman–Crippen MR) is 112 cm³/mol. The van der Waals surface area contributed by atoms with E-state index < -0.39 is 0 Å². The van der Waals surface area contributed by atoms with Crippen molar-refractivity contribution >= 4 is 16.9 Å². The van der Waals surface area contributed by atoms with Crippen molar-refractivity contribution in [2.24, 2.45) is 0 Å². The maximum atomic E-state index is 12.5. The Labute approximate surface area is 164 Å². The molecule has 0 aliphatic rings. The van der Waals surface area contributed by atoms with E-state index in [0.717, 1.165) is 16.5 Å². The average molecular weight is 378 g/mol. The number of nitrogens with one attached hydrogen (secondary N) is 3. The first kappa shape index (κ1) is 19.6. The summed E-state index contributed by atoms with van der Waals surface area (Å²) in [6.07, 6.45) is 0. The molecule has 1 aromatic heterocycles. The van der Waals surface area contributed by atoms with Crippen molar-refractivity contribution in [2.45, 2.75) is 19.5 Å². The summed E-state index contributed by atoms with van der Waals surface area (Å²) in [5.74, 6) is 0. The van der Waals surface area contributed by atoms with Gasteiger partial charge in [-0.15, -0.1) is 0 Å². The molecule has 6 nitrogen and oxygen atoms in total. The molecule has 0 spiro atoms. The first-order valence-corrected chi connectivity index (χ1v) is 9.29. The van der Waals surface area contributed by atoms with E-state index in [-0.39, 0.29) is 24.2 Å². The summed E-state index contributed by atoms with van der Waals surface area (Å²) < 4.78 is 0. The van der Waals surface area contributed by atoms with Gasteiger partial charge in [-0.3, -0.25) is 4.79 Å². The summed E-state index contributed by atoms with van der Waals surface area (Å²) in [6.45, 7) is 2.87. The van der Waals surface area contributed by atoms with Crippen molar-refractivity contribution in [2.75, 3.05) is 20.6 Å². The summed E-state index contributed by atoms with van der Waals surface area (Å²) in [7, 11) is 3.94. The molecule has 6 heteroatoms. The molecule has 28 heavy (non-hydrogen) atoms. The number of aryl methyl sites for hydroxylation is 1. The van der Waals surface area contributed by atoms with E-state index in [1.54, 1.807) is 0 Å². The first-order chi connectivity index (χ1) is 13.4. The molecule has 3 aromatic rings. The Morgan fingerprint density at radius 3 is 2.54 bits per heavy atom. The van der Waals surface area contributed by atoms with Gasteiger partial charge in [-0.05, 0) is 44.1 Å². The van der Waals surface area contributed by atoms with Gasteiger partial charge in [0, 0.05) is 24.2 Å². The maximum absolute atomic E-state index is 12.5. The molecule has 1 heterocycles.